The van der Waals surface area contributed by atoms with Gasteiger partial charge in [-0.05, 0) is 63.3 Å². The van der Waals surface area contributed by atoms with Crippen LogP contribution in [-0.4, -0.2) is 59.2 Å². The summed E-state index contributed by atoms with van der Waals surface area (Å²) < 4.78 is 2.33. The van der Waals surface area contributed by atoms with E-state index in [2.05, 4.69) is 34.0 Å². The number of aryl methyl sites for hydroxylation is 1. The number of rotatable bonds is 14. The highest BCUT2D eigenvalue weighted by Crippen LogP contribution is 2.44. The highest BCUT2D eigenvalue weighted by Gasteiger charge is 2.40. The first-order valence-corrected chi connectivity index (χ1v) is 18.5. The molecule has 2 aliphatic heterocycles. The molecule has 1 aromatic rings. The third-order valence-corrected chi connectivity index (χ3v) is 10.1. The molecule has 3 N–H and O–H groups in total. The molecule has 258 valence electrons. The molecule has 2 amide bonds. The molecule has 0 unspecified atom stereocenters. The molecule has 0 aromatic heterocycles. The molecular weight excluding hydrogens is 600 g/mol. The number of anilines is 2. The van der Waals surface area contributed by atoms with Gasteiger partial charge in [0.1, 0.15) is 18.8 Å². The molecule has 2 aliphatic carbocycles. The predicted molar refractivity (Wildman–Crippen MR) is 195 cm³/mol. The van der Waals surface area contributed by atoms with Crippen LogP contribution in [0, 0.1) is 6.92 Å². The van der Waals surface area contributed by atoms with Gasteiger partial charge in [0.2, 0.25) is 23.3 Å². The van der Waals surface area contributed by atoms with E-state index >= 15 is 0 Å². The van der Waals surface area contributed by atoms with E-state index in [4.69, 9.17) is 0 Å². The number of unbranched alkanes of at least 4 members (excludes halogenated alkanes) is 6. The van der Waals surface area contributed by atoms with Gasteiger partial charge in [-0.3, -0.25) is 14.4 Å². The molecular formula is C40H55N4O4+. The Bertz CT molecular complexity index is 1580. The monoisotopic (exact) mass is 655 g/mol. The largest absolute Gasteiger partial charge is 0.506 e. The Morgan fingerprint density at radius 3 is 2.04 bits per heavy atom. The lowest BCUT2D eigenvalue weighted by Gasteiger charge is -2.29. The summed E-state index contributed by atoms with van der Waals surface area (Å²) in [6.07, 6.45) is 17.2. The number of allylic oxidation sites excluding steroid dienone is 5. The van der Waals surface area contributed by atoms with E-state index in [-0.39, 0.29) is 34.5 Å². The highest BCUT2D eigenvalue weighted by molar-refractivity contribution is 6.40. The van der Waals surface area contributed by atoms with Crippen LogP contribution in [0.3, 0.4) is 0 Å². The van der Waals surface area contributed by atoms with Gasteiger partial charge in [0.05, 0.1) is 22.5 Å². The number of ketones is 1. The number of aliphatic hydroxyl groups is 1. The number of benzene rings is 1. The van der Waals surface area contributed by atoms with Crippen molar-refractivity contribution >= 4 is 40.3 Å². The summed E-state index contributed by atoms with van der Waals surface area (Å²) in [5.41, 5.74) is 6.69. The molecule has 4 aliphatic rings. The zero-order chi connectivity index (χ0) is 34.2. The van der Waals surface area contributed by atoms with E-state index in [1.165, 1.54) is 0 Å². The van der Waals surface area contributed by atoms with Crippen LogP contribution in [0.4, 0.5) is 11.4 Å². The summed E-state index contributed by atoms with van der Waals surface area (Å²) in [4.78, 5) is 42.7. The van der Waals surface area contributed by atoms with Crippen molar-refractivity contribution in [2.75, 3.05) is 36.4 Å². The zero-order valence-electron chi connectivity index (χ0n) is 29.6. The van der Waals surface area contributed by atoms with Gasteiger partial charge in [0.25, 0.3) is 0 Å². The van der Waals surface area contributed by atoms with Gasteiger partial charge < -0.3 is 20.6 Å². The number of nitrogens with zero attached hydrogens (tertiary/aromatic N) is 2. The molecule has 8 heteroatoms. The molecule has 0 radical (unpaired) electrons. The Labute approximate surface area is 286 Å². The first kappa shape index (κ1) is 35.4. The second-order valence-electron chi connectivity index (χ2n) is 13.9. The number of carbonyl (C=O) groups excluding carboxylic acids is 3. The Kier molecular flexibility index (Phi) is 12.1. The molecule has 2 saturated heterocycles. The summed E-state index contributed by atoms with van der Waals surface area (Å²) in [5, 5.41) is 17.9. The summed E-state index contributed by atoms with van der Waals surface area (Å²) in [6, 6.07) is 3.91. The number of amides is 2. The first-order valence-electron chi connectivity index (χ1n) is 18.5. The van der Waals surface area contributed by atoms with E-state index in [0.717, 1.165) is 126 Å². The number of Topliss-reactive ketones (excluding diaryl/α,β-unsaturated/α-hetero) is 1. The van der Waals surface area contributed by atoms with Gasteiger partial charge in [0, 0.05) is 67.2 Å². The van der Waals surface area contributed by atoms with Crippen molar-refractivity contribution < 1.29 is 24.1 Å². The second kappa shape index (κ2) is 16.4. The van der Waals surface area contributed by atoms with Crippen LogP contribution in [0.1, 0.15) is 122 Å². The third-order valence-electron chi connectivity index (χ3n) is 10.1. The van der Waals surface area contributed by atoms with Gasteiger partial charge in [-0.1, -0.05) is 52.4 Å². The predicted octanol–water partition coefficient (Wildman–Crippen LogP) is 7.83. The van der Waals surface area contributed by atoms with Crippen LogP contribution in [0.25, 0.3) is 5.57 Å². The summed E-state index contributed by atoms with van der Waals surface area (Å²) >= 11 is 0. The number of nitrogens with one attached hydrogen (secondary N) is 2. The van der Waals surface area contributed by atoms with Crippen molar-refractivity contribution in [3.63, 3.8) is 0 Å². The summed E-state index contributed by atoms with van der Waals surface area (Å²) in [6.45, 7) is 12.2. The minimum Gasteiger partial charge on any atom is -0.506 e. The second-order valence-corrected chi connectivity index (χ2v) is 13.9. The first-order chi connectivity index (χ1) is 23.2. The van der Waals surface area contributed by atoms with Crippen molar-refractivity contribution in [2.45, 2.75) is 118 Å². The maximum absolute atomic E-state index is 14.1. The fourth-order valence-electron chi connectivity index (χ4n) is 7.36. The Morgan fingerprint density at radius 2 is 1.44 bits per heavy atom. The number of hydrogen-bond donors (Lipinski definition) is 3. The third kappa shape index (κ3) is 8.01. The molecule has 8 nitrogen and oxygen atoms in total. The number of carbonyl (C=O) groups is 3. The van der Waals surface area contributed by atoms with Crippen molar-refractivity contribution in [3.8, 4) is 0 Å². The molecule has 0 atom stereocenters. The van der Waals surface area contributed by atoms with E-state index < -0.39 is 0 Å². The lowest BCUT2D eigenvalue weighted by atomic mass is 9.77. The molecule has 0 saturated carbocycles. The van der Waals surface area contributed by atoms with E-state index in [9.17, 15) is 19.5 Å². The van der Waals surface area contributed by atoms with Gasteiger partial charge in [-0.15, -0.1) is 0 Å². The van der Waals surface area contributed by atoms with E-state index in [1.54, 1.807) is 0 Å². The van der Waals surface area contributed by atoms with Crippen molar-refractivity contribution in [1.29, 1.82) is 0 Å². The summed E-state index contributed by atoms with van der Waals surface area (Å²) in [7, 11) is 0. The Morgan fingerprint density at radius 1 is 0.812 bits per heavy atom. The molecule has 0 spiro atoms. The maximum atomic E-state index is 14.1. The van der Waals surface area contributed by atoms with Crippen LogP contribution in [0.15, 0.2) is 52.5 Å². The van der Waals surface area contributed by atoms with Gasteiger partial charge in [-0.25, -0.2) is 4.58 Å². The van der Waals surface area contributed by atoms with Crippen LogP contribution in [0.5, 0.6) is 0 Å². The molecule has 48 heavy (non-hydrogen) atoms. The maximum Gasteiger partial charge on any atom is 0.224 e. The van der Waals surface area contributed by atoms with E-state index in [0.29, 0.717) is 35.4 Å². The van der Waals surface area contributed by atoms with Crippen LogP contribution < -0.4 is 15.5 Å². The molecule has 5 rings (SSSR count). The zero-order valence-corrected chi connectivity index (χ0v) is 29.6. The average molecular weight is 656 g/mol. The molecule has 2 fully saturated rings. The lowest BCUT2D eigenvalue weighted by Crippen LogP contribution is -2.32. The average Bonchev–Trinajstić information content (AvgIpc) is 3.80. The SMILES string of the molecule is CCCCCCC(=O)NC1=CC(=[N+]2CCCC2)C(C)=C/C1=C1/C(=O)C(c2cc(C)c(N3CCCC3)cc2NC(=O)CCCCCC)=C1O. The smallest absolute Gasteiger partial charge is 0.224 e. The van der Waals surface area contributed by atoms with E-state index in [1.807, 2.05) is 38.1 Å². The number of aliphatic hydroxyl groups excluding tert-OH is 1. The number of hydrogen-bond acceptors (Lipinski definition) is 5. The fraction of sp³-hybridized carbons (Fsp3) is 0.550. The van der Waals surface area contributed by atoms with Crippen LogP contribution >= 0.6 is 0 Å². The minimum absolute atomic E-state index is 0.0864. The van der Waals surface area contributed by atoms with Crippen LogP contribution in [-0.2, 0) is 14.4 Å². The lowest BCUT2D eigenvalue weighted by molar-refractivity contribution is -0.504. The molecule has 2 heterocycles. The van der Waals surface area contributed by atoms with Gasteiger partial charge in [0.15, 0.2) is 0 Å². The normalized spacial score (nSPS) is 19.5. The topological polar surface area (TPSA) is 102 Å². The fourth-order valence-corrected chi connectivity index (χ4v) is 7.36. The molecule has 1 aromatic carbocycles. The molecule has 0 bridgehead atoms. The van der Waals surface area contributed by atoms with Crippen molar-refractivity contribution in [1.82, 2.24) is 5.32 Å². The van der Waals surface area contributed by atoms with Crippen molar-refractivity contribution in [3.05, 3.63) is 63.6 Å². The van der Waals surface area contributed by atoms with Crippen LogP contribution in [0.2, 0.25) is 0 Å². The standard InChI is InChI=1S/C40H54N4O4/c1-5-7-9-11-17-35(45)41-31-25-33(43-19-13-14-20-43)27(3)23-29(31)37-39(47)38(40(37)48)30-24-28(4)34(44-21-15-16-22-44)26-32(30)42-36(46)18-12-10-8-6-2/h23-26H,5-22H2,1-4H3,(H2,41,42,45,46,47,48)/p+1. The summed E-state index contributed by atoms with van der Waals surface area (Å²) in [5.74, 6) is -0.557. The van der Waals surface area contributed by atoms with Gasteiger partial charge in [-0.2, -0.15) is 0 Å². The Hall–Kier alpha value is -3.94. The quantitative estimate of drug-likeness (QED) is 0.108. The highest BCUT2D eigenvalue weighted by atomic mass is 16.3. The Balaban J connectivity index is 1.52. The van der Waals surface area contributed by atoms with Gasteiger partial charge >= 0.3 is 0 Å². The van der Waals surface area contributed by atoms with Crippen molar-refractivity contribution in [2.24, 2.45) is 0 Å². The minimum atomic E-state index is -0.286.